The summed E-state index contributed by atoms with van der Waals surface area (Å²) < 4.78 is 15.4. The summed E-state index contributed by atoms with van der Waals surface area (Å²) in [5.74, 6) is -0.999. The molecule has 33 heavy (non-hydrogen) atoms. The molecule has 2 heterocycles. The molecule has 0 aromatic carbocycles. The summed E-state index contributed by atoms with van der Waals surface area (Å²) in [7, 11) is 3.95. The number of carbonyl (C=O) groups is 2. The maximum Gasteiger partial charge on any atom is 0.233 e. The highest BCUT2D eigenvalue weighted by atomic mass is 35.5. The summed E-state index contributed by atoms with van der Waals surface area (Å²) in [6.45, 7) is 1.18. The van der Waals surface area contributed by atoms with Gasteiger partial charge >= 0.3 is 0 Å². The molecule has 2 N–H and O–H groups in total. The van der Waals surface area contributed by atoms with E-state index >= 15 is 4.39 Å². The number of aromatic nitrogens is 2. The second-order valence-corrected chi connectivity index (χ2v) is 9.70. The number of amides is 2. The second-order valence-electron chi connectivity index (χ2n) is 9.36. The fourth-order valence-electron chi connectivity index (χ4n) is 4.98. The molecule has 184 valence electrons. The van der Waals surface area contributed by atoms with Gasteiger partial charge in [0, 0.05) is 19.1 Å². The first-order valence-electron chi connectivity index (χ1n) is 11.6. The van der Waals surface area contributed by atoms with Crippen LogP contribution in [0.4, 0.5) is 10.2 Å². The Morgan fingerprint density at radius 1 is 1.30 bits per heavy atom. The van der Waals surface area contributed by atoms with E-state index < -0.39 is 11.7 Å². The maximum absolute atomic E-state index is 15.4. The van der Waals surface area contributed by atoms with Gasteiger partial charge in [-0.25, -0.2) is 14.4 Å². The van der Waals surface area contributed by atoms with E-state index in [1.54, 1.807) is 0 Å². The van der Waals surface area contributed by atoms with Crippen molar-refractivity contribution in [3.8, 4) is 0 Å². The first-order valence-corrected chi connectivity index (χ1v) is 12.0. The van der Waals surface area contributed by atoms with Crippen LogP contribution in [0.2, 0.25) is 5.28 Å². The number of nitrogens with one attached hydrogen (secondary N) is 1. The highest BCUT2D eigenvalue weighted by molar-refractivity contribution is 6.28. The third-order valence-corrected chi connectivity index (χ3v) is 6.69. The van der Waals surface area contributed by atoms with Gasteiger partial charge in [0.25, 0.3) is 0 Å². The number of hydrogen-bond acceptors (Lipinski definition) is 7. The smallest absolute Gasteiger partial charge is 0.233 e. The molecule has 0 spiro atoms. The number of halogens is 2. The van der Waals surface area contributed by atoms with Crippen LogP contribution < -0.4 is 10.2 Å². The number of nitrogens with zero attached hydrogens (tertiary/aromatic N) is 5. The summed E-state index contributed by atoms with van der Waals surface area (Å²) in [4.78, 5) is 35.9. The van der Waals surface area contributed by atoms with Gasteiger partial charge in [0.1, 0.15) is 5.69 Å². The van der Waals surface area contributed by atoms with Gasteiger partial charge in [0.15, 0.2) is 11.6 Å². The number of likely N-dealkylation sites (N-methyl/N-ethyl adjacent to an activating group) is 1. The van der Waals surface area contributed by atoms with Gasteiger partial charge < -0.3 is 15.1 Å². The molecule has 1 saturated carbocycles. The van der Waals surface area contributed by atoms with Crippen molar-refractivity contribution >= 4 is 29.7 Å². The van der Waals surface area contributed by atoms with E-state index in [1.807, 2.05) is 19.0 Å². The Labute approximate surface area is 199 Å². The van der Waals surface area contributed by atoms with Crippen LogP contribution in [0.3, 0.4) is 0 Å². The number of anilines is 1. The van der Waals surface area contributed by atoms with Crippen LogP contribution in [0, 0.1) is 17.7 Å². The fourth-order valence-corrected chi connectivity index (χ4v) is 5.16. The van der Waals surface area contributed by atoms with Crippen molar-refractivity contribution in [1.82, 2.24) is 25.2 Å². The Morgan fingerprint density at radius 2 is 2.03 bits per heavy atom. The third-order valence-electron chi connectivity index (χ3n) is 6.52. The number of rotatable bonds is 11. The highest BCUT2D eigenvalue weighted by Crippen LogP contribution is 2.31. The zero-order chi connectivity index (χ0) is 24.0. The van der Waals surface area contributed by atoms with Gasteiger partial charge in [-0.1, -0.05) is 25.7 Å². The molecular formula is C22H34ClFN6O3. The molecule has 11 heteroatoms. The predicted octanol–water partition coefficient (Wildman–Crippen LogP) is 2.46. The van der Waals surface area contributed by atoms with Crippen LogP contribution in [0.5, 0.6) is 0 Å². The van der Waals surface area contributed by atoms with Crippen LogP contribution in [-0.2, 0) is 16.1 Å². The summed E-state index contributed by atoms with van der Waals surface area (Å²) in [6.07, 6.45) is 7.01. The molecule has 1 aliphatic heterocycles. The van der Waals surface area contributed by atoms with Gasteiger partial charge in [0.2, 0.25) is 17.6 Å². The average molecular weight is 485 g/mol. The first-order chi connectivity index (χ1) is 15.8. The lowest BCUT2D eigenvalue weighted by molar-refractivity contribution is -0.155. The Balaban J connectivity index is 1.71. The van der Waals surface area contributed by atoms with E-state index in [9.17, 15) is 14.8 Å². The van der Waals surface area contributed by atoms with Crippen LogP contribution in [0.1, 0.15) is 50.6 Å². The van der Waals surface area contributed by atoms with Crippen molar-refractivity contribution in [3.63, 3.8) is 0 Å². The van der Waals surface area contributed by atoms with E-state index in [0.717, 1.165) is 45.1 Å². The predicted molar refractivity (Wildman–Crippen MR) is 122 cm³/mol. The molecule has 2 aliphatic rings. The molecule has 1 saturated heterocycles. The van der Waals surface area contributed by atoms with Crippen molar-refractivity contribution < 1.29 is 19.2 Å². The van der Waals surface area contributed by atoms with Crippen molar-refractivity contribution in [1.29, 1.82) is 0 Å². The second kappa shape index (κ2) is 11.9. The van der Waals surface area contributed by atoms with Crippen LogP contribution in [-0.4, -0.2) is 77.2 Å². The van der Waals surface area contributed by atoms with Gasteiger partial charge in [-0.3, -0.25) is 14.8 Å². The molecule has 2 atom stereocenters. The average Bonchev–Trinajstić information content (AvgIpc) is 3.45. The minimum Gasteiger partial charge on any atom is -0.350 e. The van der Waals surface area contributed by atoms with Crippen molar-refractivity contribution in [2.75, 3.05) is 38.6 Å². The van der Waals surface area contributed by atoms with E-state index in [2.05, 4.69) is 20.2 Å². The number of hydrogen-bond donors (Lipinski definition) is 2. The molecule has 2 amide bonds. The zero-order valence-corrected chi connectivity index (χ0v) is 20.1. The Morgan fingerprint density at radius 3 is 2.70 bits per heavy atom. The van der Waals surface area contributed by atoms with Gasteiger partial charge in [-0.2, -0.15) is 4.98 Å². The molecule has 1 aliphatic carbocycles. The summed E-state index contributed by atoms with van der Waals surface area (Å²) in [5.41, 5.74) is 0.0183. The van der Waals surface area contributed by atoms with Crippen LogP contribution in [0.25, 0.3) is 0 Å². The summed E-state index contributed by atoms with van der Waals surface area (Å²) in [6, 6.07) is 0.123. The first kappa shape index (κ1) is 25.6. The van der Waals surface area contributed by atoms with Crippen molar-refractivity contribution in [2.24, 2.45) is 11.8 Å². The quantitative estimate of drug-likeness (QED) is 0.215. The van der Waals surface area contributed by atoms with Gasteiger partial charge in [-0.15, -0.1) is 0 Å². The normalized spacial score (nSPS) is 19.8. The Kier molecular flexibility index (Phi) is 9.22. The van der Waals surface area contributed by atoms with Gasteiger partial charge in [0.05, 0.1) is 19.0 Å². The molecule has 9 nitrogen and oxygen atoms in total. The summed E-state index contributed by atoms with van der Waals surface area (Å²) in [5, 5.41) is 12.8. The lowest BCUT2D eigenvalue weighted by Gasteiger charge is -2.28. The molecule has 0 unspecified atom stereocenters. The molecule has 1 aromatic heterocycles. The molecule has 2 fully saturated rings. The van der Waals surface area contributed by atoms with Crippen molar-refractivity contribution in [2.45, 2.75) is 57.5 Å². The zero-order valence-electron chi connectivity index (χ0n) is 19.3. The molecule has 0 bridgehead atoms. The summed E-state index contributed by atoms with van der Waals surface area (Å²) >= 11 is 6.12. The monoisotopic (exact) mass is 484 g/mol. The highest BCUT2D eigenvalue weighted by Gasteiger charge is 2.31. The van der Waals surface area contributed by atoms with E-state index in [4.69, 9.17) is 11.6 Å². The van der Waals surface area contributed by atoms with E-state index in [1.165, 1.54) is 0 Å². The number of hydroxylamine groups is 2. The lowest BCUT2D eigenvalue weighted by Crippen LogP contribution is -2.39. The van der Waals surface area contributed by atoms with Crippen LogP contribution in [0.15, 0.2) is 0 Å². The standard InChI is InChI=1S/C22H34ClFN6O3/c1-28(2)13-17-8-5-9-30(17)20-19(24)18(26-22(23)27-20)11-25-21(32)16(12-29(33)14-31)10-15-6-3-4-7-15/h14-17,33H,3-13H2,1-2H3,(H,25,32)/t16-,17+/m1/s1. The van der Waals surface area contributed by atoms with E-state index in [0.29, 0.717) is 23.9 Å². The minimum absolute atomic E-state index is 0.0183. The Bertz CT molecular complexity index is 824. The molecule has 1 aromatic rings. The molecule has 3 rings (SSSR count). The number of carbonyl (C=O) groups excluding carboxylic acids is 2. The largest absolute Gasteiger partial charge is 0.350 e. The third kappa shape index (κ3) is 6.97. The van der Waals surface area contributed by atoms with Crippen molar-refractivity contribution in [3.05, 3.63) is 16.8 Å². The van der Waals surface area contributed by atoms with Crippen LogP contribution >= 0.6 is 11.6 Å². The maximum atomic E-state index is 15.4. The Hall–Kier alpha value is -2.04. The fraction of sp³-hybridized carbons (Fsp3) is 0.727. The minimum atomic E-state index is -0.591. The molecular weight excluding hydrogens is 451 g/mol. The van der Waals surface area contributed by atoms with E-state index in [-0.39, 0.29) is 48.2 Å². The molecule has 0 radical (unpaired) electrons. The SMILES string of the molecule is CN(C)C[C@@H]1CCCN1c1nc(Cl)nc(CNC(=O)[C@H](CC2CCCC2)CN(O)C=O)c1F. The topological polar surface area (TPSA) is 102 Å². The lowest BCUT2D eigenvalue weighted by atomic mass is 9.92. The van der Waals surface area contributed by atoms with Gasteiger partial charge in [-0.05, 0) is 50.9 Å².